The molecule has 0 saturated carbocycles. The fourth-order valence-corrected chi connectivity index (χ4v) is 8.01. The molecule has 0 aromatic carbocycles. The molecule has 304 valence electrons. The van der Waals surface area contributed by atoms with Crippen LogP contribution in [0.15, 0.2) is 12.7 Å². The Hall–Kier alpha value is 0.230. The van der Waals surface area contributed by atoms with Gasteiger partial charge in [-0.1, -0.05) is 25.6 Å². The second-order valence-electron chi connectivity index (χ2n) is 12.1. The molecule has 1 saturated heterocycles. The van der Waals surface area contributed by atoms with Crippen molar-refractivity contribution in [2.75, 3.05) is 37.8 Å². The molecule has 3 rings (SSSR count). The number of nitrogens with zero attached hydrogens (tertiary/aromatic N) is 4. The number of imidazole rings is 1. The molecule has 7 N–H and O–H groups in total. The number of hydrogen-bond acceptors (Lipinski definition) is 22. The van der Waals surface area contributed by atoms with Gasteiger partial charge >= 0.3 is 88.7 Å². The van der Waals surface area contributed by atoms with Gasteiger partial charge in [-0.15, -0.1) is 0 Å². The number of phosphoric acid groups is 3. The van der Waals surface area contributed by atoms with Crippen LogP contribution in [0.2, 0.25) is 0 Å². The van der Waals surface area contributed by atoms with E-state index in [1.54, 1.807) is 0 Å². The molecule has 2 aromatic rings. The fourth-order valence-electron chi connectivity index (χ4n) is 4.53. The summed E-state index contributed by atoms with van der Waals surface area (Å²) < 4.78 is 60.6. The summed E-state index contributed by atoms with van der Waals surface area (Å²) in [4.78, 5) is 104. The largest absolute Gasteiger partial charge is 1.00 e. The van der Waals surface area contributed by atoms with Crippen LogP contribution in [-0.4, -0.2) is 114 Å². The third-order valence-electron chi connectivity index (χ3n) is 7.14. The summed E-state index contributed by atoms with van der Waals surface area (Å²) in [7, 11) is -17.3. The molecule has 0 bridgehead atoms. The Labute approximate surface area is 395 Å². The van der Waals surface area contributed by atoms with E-state index in [0.29, 0.717) is 0 Å². The van der Waals surface area contributed by atoms with Crippen LogP contribution in [0.5, 0.6) is 0 Å². The first-order valence-corrected chi connectivity index (χ1v) is 20.8. The van der Waals surface area contributed by atoms with E-state index in [2.05, 4.69) is 43.5 Å². The van der Waals surface area contributed by atoms with Gasteiger partial charge in [-0.3, -0.25) is 37.4 Å². The summed E-state index contributed by atoms with van der Waals surface area (Å²) in [6.07, 6.45) is -7.72. The van der Waals surface area contributed by atoms with Crippen LogP contribution in [0, 0.1) is 5.41 Å². The van der Waals surface area contributed by atoms with Crippen molar-refractivity contribution in [2.45, 2.75) is 64.3 Å². The average Bonchev–Trinajstić information content (AvgIpc) is 3.60. The molecule has 3 heterocycles. The zero-order valence-corrected chi connectivity index (χ0v) is 41.1. The van der Waals surface area contributed by atoms with Crippen LogP contribution in [0.1, 0.15) is 39.8 Å². The Morgan fingerprint density at radius 2 is 1.68 bits per heavy atom. The van der Waals surface area contributed by atoms with E-state index in [1.807, 2.05) is 0 Å². The summed E-state index contributed by atoms with van der Waals surface area (Å²) in [5.41, 5.74) is 4.07. The first kappa shape index (κ1) is 57.2. The van der Waals surface area contributed by atoms with Crippen molar-refractivity contribution < 1.29 is 174 Å². The van der Waals surface area contributed by atoms with E-state index >= 15 is 0 Å². The summed E-state index contributed by atoms with van der Waals surface area (Å²) in [6, 6.07) is 0. The normalized spacial score (nSPS) is 21.6. The predicted octanol–water partition coefficient (Wildman–Crippen LogP) is -12.2. The number of rotatable bonds is 21. The summed E-state index contributed by atoms with van der Waals surface area (Å²) in [5, 5.41) is 25.7. The number of carbonyl (C=O) groups is 4. The van der Waals surface area contributed by atoms with Crippen molar-refractivity contribution in [3.05, 3.63) is 12.7 Å². The standard InChI is InChI=1S/C25H40N7O18P3S.3Na/c1-13(33)8-16(35)54-7-6-27-15(34)4-5-28-23(38)20(37)25(2,3)10-47-53(44,45)50-52(42,43)46-9-14-19(49-51(39,40)41)18(36)24(48-14)32-12-31-17-21(26)29-11-30-22(17)32;;;/h11-12,14,18-20,24,36-37H,4-10H2,1-3H3,(H,27,34)(H,28,38)(H,42,43)(H,44,45)(H2,26,29,30)(H2,39,40,41);;;/q;3*+1/p-3/t14-,18-,19-,20?,24-;;;/m1.../s1. The Morgan fingerprint density at radius 3 is 2.30 bits per heavy atom. The van der Waals surface area contributed by atoms with Crippen LogP contribution >= 0.6 is 35.2 Å². The maximum atomic E-state index is 12.5. The Kier molecular flexibility index (Phi) is 24.9. The number of amides is 2. The van der Waals surface area contributed by atoms with Crippen molar-refractivity contribution in [1.82, 2.24) is 30.2 Å². The molecule has 4 unspecified atom stereocenters. The first-order valence-electron chi connectivity index (χ1n) is 15.4. The number of aliphatic hydroxyl groups excluding tert-OH is 2. The molecule has 8 atom stereocenters. The number of aliphatic hydroxyl groups is 2. The van der Waals surface area contributed by atoms with Crippen molar-refractivity contribution in [1.29, 1.82) is 0 Å². The molecule has 32 heteroatoms. The number of hydrogen-bond donors (Lipinski definition) is 6. The Balaban J connectivity index is 0.0000105. The van der Waals surface area contributed by atoms with Crippen molar-refractivity contribution in [2.24, 2.45) is 5.41 Å². The number of fused-ring (bicyclic) bond motifs is 1. The maximum Gasteiger partial charge on any atom is 1.00 e. The van der Waals surface area contributed by atoms with E-state index in [9.17, 15) is 62.7 Å². The molecule has 1 fully saturated rings. The summed E-state index contributed by atoms with van der Waals surface area (Å²) in [6.45, 7) is 1.22. The number of ketones is 1. The van der Waals surface area contributed by atoms with Crippen LogP contribution in [0.3, 0.4) is 0 Å². The van der Waals surface area contributed by atoms with Gasteiger partial charge in [0, 0.05) is 30.7 Å². The fraction of sp³-hybridized carbons (Fsp3) is 0.640. The second-order valence-corrected chi connectivity index (χ2v) is 17.4. The van der Waals surface area contributed by atoms with Gasteiger partial charge < -0.3 is 64.5 Å². The smallest absolute Gasteiger partial charge is 0.756 e. The quantitative estimate of drug-likeness (QED) is 0.0293. The van der Waals surface area contributed by atoms with Gasteiger partial charge in [0.2, 0.25) is 11.8 Å². The van der Waals surface area contributed by atoms with E-state index in [4.69, 9.17) is 10.5 Å². The van der Waals surface area contributed by atoms with Crippen LogP contribution in [-0.2, 0) is 55.5 Å². The minimum absolute atomic E-state index is 0. The number of aromatic nitrogens is 4. The monoisotopic (exact) mass is 917 g/mol. The van der Waals surface area contributed by atoms with E-state index in [0.717, 1.165) is 29.0 Å². The number of anilines is 1. The van der Waals surface area contributed by atoms with Gasteiger partial charge in [-0.25, -0.2) is 19.3 Å². The van der Waals surface area contributed by atoms with Gasteiger partial charge in [0.25, 0.3) is 23.5 Å². The number of ether oxygens (including phenoxy) is 1. The molecule has 57 heavy (non-hydrogen) atoms. The van der Waals surface area contributed by atoms with E-state index < -0.39 is 84.6 Å². The maximum absolute atomic E-state index is 12.5. The molecule has 2 amide bonds. The number of nitrogens with one attached hydrogen (secondary N) is 2. The zero-order valence-electron chi connectivity index (χ0n) is 31.6. The molecule has 0 spiro atoms. The van der Waals surface area contributed by atoms with Gasteiger partial charge in [0.05, 0.1) is 26.0 Å². The third kappa shape index (κ3) is 18.6. The number of phosphoric ester groups is 3. The van der Waals surface area contributed by atoms with E-state index in [-0.39, 0.29) is 148 Å². The van der Waals surface area contributed by atoms with Gasteiger partial charge in [0.15, 0.2) is 22.8 Å². The number of Topliss-reactive ketones (excluding diaryl/α,β-unsaturated/α-hetero) is 1. The topological polar surface area (TPSA) is 389 Å². The minimum atomic E-state index is -5.90. The third-order valence-corrected chi connectivity index (χ3v) is 11.0. The first-order chi connectivity index (χ1) is 24.9. The van der Waals surface area contributed by atoms with Gasteiger partial charge in [0.1, 0.15) is 42.0 Å². The van der Waals surface area contributed by atoms with Crippen molar-refractivity contribution in [3.8, 4) is 0 Å². The molecule has 1 aliphatic heterocycles. The SMILES string of the molecule is CC(=O)CC(=O)SCCNC(=O)CCNC(=O)C(O)C(C)(C)COP(=O)([O-])OP(=O)([O-])OC[C@H]1O[C@@H](n2cnc3c(N)ncnc32)[C@H](O)[C@@H]1OP(=O)([O-])O.[Na+].[Na+].[Na+]. The molecular formula is C25H37N7Na3O18P3S. The van der Waals surface area contributed by atoms with Gasteiger partial charge in [-0.2, -0.15) is 0 Å². The molecule has 25 nitrogen and oxygen atoms in total. The molecule has 0 aliphatic carbocycles. The van der Waals surface area contributed by atoms with Crippen molar-refractivity contribution in [3.63, 3.8) is 0 Å². The summed E-state index contributed by atoms with van der Waals surface area (Å²) >= 11 is 0.868. The number of thioether (sulfide) groups is 1. The number of nitrogens with two attached hydrogens (primary N) is 1. The molecule has 0 radical (unpaired) electrons. The molecule has 1 aliphatic rings. The Morgan fingerprint density at radius 1 is 1.05 bits per heavy atom. The van der Waals surface area contributed by atoms with Crippen LogP contribution < -0.4 is 120 Å². The second kappa shape index (κ2) is 24.8. The molecule has 2 aromatic heterocycles. The van der Waals surface area contributed by atoms with E-state index in [1.165, 1.54) is 20.8 Å². The number of nitrogen functional groups attached to an aromatic ring is 1. The Bertz CT molecular complexity index is 1840. The molecular weight excluding hydrogens is 880 g/mol. The van der Waals surface area contributed by atoms with Gasteiger partial charge in [-0.05, 0) is 6.92 Å². The zero-order chi connectivity index (χ0) is 40.6. The number of carbonyl (C=O) groups excluding carboxylic acids is 4. The van der Waals surface area contributed by atoms with Crippen LogP contribution in [0.25, 0.3) is 11.2 Å². The van der Waals surface area contributed by atoms with Crippen LogP contribution in [0.4, 0.5) is 5.82 Å². The van der Waals surface area contributed by atoms with Crippen molar-refractivity contribution >= 4 is 74.9 Å². The predicted molar refractivity (Wildman–Crippen MR) is 176 cm³/mol. The minimum Gasteiger partial charge on any atom is -0.756 e. The average molecular weight is 918 g/mol. The summed E-state index contributed by atoms with van der Waals surface area (Å²) in [5.74, 6) is -1.70.